The fourth-order valence-corrected chi connectivity index (χ4v) is 1.13. The largest absolute Gasteiger partial charge is 0.229 e. The second-order valence-corrected chi connectivity index (χ2v) is 2.89. The summed E-state index contributed by atoms with van der Waals surface area (Å²) in [6, 6.07) is 9.50. The first-order valence-electron chi connectivity index (χ1n) is 4.54. The van der Waals surface area contributed by atoms with Crippen LogP contribution in [-0.2, 0) is 0 Å². The van der Waals surface area contributed by atoms with Gasteiger partial charge in [-0.1, -0.05) is 31.5 Å². The van der Waals surface area contributed by atoms with Crippen molar-refractivity contribution in [1.29, 1.82) is 0 Å². The Morgan fingerprint density at radius 2 is 2.00 bits per heavy atom. The number of para-hydroxylation sites is 1. The molecular formula is C10H14N2O. The van der Waals surface area contributed by atoms with Gasteiger partial charge in [-0.25, -0.2) is 5.01 Å². The molecule has 0 bridgehead atoms. The fraction of sp³-hybridized carbons (Fsp3) is 0.400. The van der Waals surface area contributed by atoms with E-state index in [1.54, 1.807) is 0 Å². The maximum Gasteiger partial charge on any atom is 0.0626 e. The van der Waals surface area contributed by atoms with Gasteiger partial charge in [0, 0.05) is 6.54 Å². The number of nitroso groups, excluding NO2 is 1. The van der Waals surface area contributed by atoms with Gasteiger partial charge < -0.3 is 0 Å². The topological polar surface area (TPSA) is 32.7 Å². The van der Waals surface area contributed by atoms with Gasteiger partial charge in [0.2, 0.25) is 0 Å². The summed E-state index contributed by atoms with van der Waals surface area (Å²) >= 11 is 0. The first kappa shape index (κ1) is 9.71. The quantitative estimate of drug-likeness (QED) is 0.513. The first-order chi connectivity index (χ1) is 6.38. The highest BCUT2D eigenvalue weighted by Gasteiger charge is 2.03. The van der Waals surface area contributed by atoms with E-state index in [0.29, 0.717) is 6.54 Å². The lowest BCUT2D eigenvalue weighted by molar-refractivity contribution is 0.736. The standard InChI is InChI=1S/C10H14N2O/c1-2-3-9-12(11-13)10-7-5-4-6-8-10/h4-8H,2-3,9H2,1H3. The third-order valence-corrected chi connectivity index (χ3v) is 1.88. The van der Waals surface area contributed by atoms with Crippen LogP contribution in [-0.4, -0.2) is 6.54 Å². The van der Waals surface area contributed by atoms with Crippen molar-refractivity contribution >= 4 is 5.69 Å². The van der Waals surface area contributed by atoms with Crippen molar-refractivity contribution in [3.63, 3.8) is 0 Å². The molecule has 0 saturated heterocycles. The molecule has 0 atom stereocenters. The third-order valence-electron chi connectivity index (χ3n) is 1.88. The van der Waals surface area contributed by atoms with Gasteiger partial charge in [-0.05, 0) is 18.6 Å². The lowest BCUT2D eigenvalue weighted by Crippen LogP contribution is -2.16. The number of hydrogen-bond acceptors (Lipinski definition) is 2. The number of benzene rings is 1. The van der Waals surface area contributed by atoms with E-state index in [1.165, 1.54) is 5.01 Å². The van der Waals surface area contributed by atoms with Gasteiger partial charge in [0.25, 0.3) is 0 Å². The van der Waals surface area contributed by atoms with Crippen LogP contribution < -0.4 is 5.01 Å². The van der Waals surface area contributed by atoms with Crippen molar-refractivity contribution < 1.29 is 0 Å². The van der Waals surface area contributed by atoms with Gasteiger partial charge in [-0.3, -0.25) is 0 Å². The van der Waals surface area contributed by atoms with Crippen LogP contribution in [0.25, 0.3) is 0 Å². The molecule has 0 aliphatic rings. The summed E-state index contributed by atoms with van der Waals surface area (Å²) in [5.74, 6) is 0. The summed E-state index contributed by atoms with van der Waals surface area (Å²) in [5.41, 5.74) is 0.867. The van der Waals surface area contributed by atoms with E-state index < -0.39 is 0 Å². The molecule has 0 saturated carbocycles. The van der Waals surface area contributed by atoms with E-state index in [9.17, 15) is 4.91 Å². The molecule has 0 aliphatic carbocycles. The maximum absolute atomic E-state index is 10.5. The molecule has 0 heterocycles. The number of rotatable bonds is 5. The van der Waals surface area contributed by atoms with E-state index in [4.69, 9.17) is 0 Å². The normalized spacial score (nSPS) is 9.62. The van der Waals surface area contributed by atoms with Crippen molar-refractivity contribution in [2.45, 2.75) is 19.8 Å². The molecule has 70 valence electrons. The Labute approximate surface area is 78.3 Å². The van der Waals surface area contributed by atoms with E-state index in [0.717, 1.165) is 18.5 Å². The second kappa shape index (κ2) is 5.30. The summed E-state index contributed by atoms with van der Waals surface area (Å²) in [5, 5.41) is 4.47. The average Bonchev–Trinajstić information content (AvgIpc) is 2.21. The molecule has 1 aromatic carbocycles. The Hall–Kier alpha value is -1.38. The highest BCUT2D eigenvalue weighted by molar-refractivity contribution is 5.44. The van der Waals surface area contributed by atoms with E-state index >= 15 is 0 Å². The van der Waals surface area contributed by atoms with Crippen LogP contribution in [0.3, 0.4) is 0 Å². The Morgan fingerprint density at radius 1 is 1.31 bits per heavy atom. The van der Waals surface area contributed by atoms with Crippen LogP contribution in [0.4, 0.5) is 5.69 Å². The van der Waals surface area contributed by atoms with Crippen LogP contribution in [0.2, 0.25) is 0 Å². The monoisotopic (exact) mass is 178 g/mol. The molecule has 0 N–H and O–H groups in total. The lowest BCUT2D eigenvalue weighted by Gasteiger charge is -2.13. The van der Waals surface area contributed by atoms with Crippen LogP contribution in [0.5, 0.6) is 0 Å². The molecule has 0 fully saturated rings. The number of nitrogens with zero attached hydrogens (tertiary/aromatic N) is 2. The molecule has 0 spiro atoms. The van der Waals surface area contributed by atoms with Crippen LogP contribution >= 0.6 is 0 Å². The molecule has 1 aromatic rings. The first-order valence-corrected chi connectivity index (χ1v) is 4.54. The molecule has 0 amide bonds. The Morgan fingerprint density at radius 3 is 2.54 bits per heavy atom. The van der Waals surface area contributed by atoms with Crippen molar-refractivity contribution in [2.24, 2.45) is 5.29 Å². The van der Waals surface area contributed by atoms with Crippen molar-refractivity contribution in [1.82, 2.24) is 0 Å². The van der Waals surface area contributed by atoms with Crippen LogP contribution in [0, 0.1) is 4.91 Å². The lowest BCUT2D eigenvalue weighted by atomic mass is 10.3. The SMILES string of the molecule is CCCCN(N=O)c1ccccc1. The van der Waals surface area contributed by atoms with Crippen molar-refractivity contribution in [2.75, 3.05) is 11.6 Å². The van der Waals surface area contributed by atoms with Gasteiger partial charge in [-0.15, -0.1) is 4.91 Å². The van der Waals surface area contributed by atoms with Crippen molar-refractivity contribution in [3.8, 4) is 0 Å². The molecule has 1 rings (SSSR count). The predicted molar refractivity (Wildman–Crippen MR) is 54.5 cm³/mol. The van der Waals surface area contributed by atoms with Crippen LogP contribution in [0.1, 0.15) is 19.8 Å². The van der Waals surface area contributed by atoms with Crippen LogP contribution in [0.15, 0.2) is 35.6 Å². The average molecular weight is 178 g/mol. The zero-order chi connectivity index (χ0) is 9.52. The zero-order valence-corrected chi connectivity index (χ0v) is 7.81. The molecule has 3 heteroatoms. The highest BCUT2D eigenvalue weighted by atomic mass is 16.3. The number of anilines is 1. The van der Waals surface area contributed by atoms with E-state index in [-0.39, 0.29) is 0 Å². The molecule has 0 aromatic heterocycles. The third kappa shape index (κ3) is 2.86. The van der Waals surface area contributed by atoms with E-state index in [1.807, 2.05) is 30.3 Å². The minimum Gasteiger partial charge on any atom is -0.229 e. The molecule has 3 nitrogen and oxygen atoms in total. The highest BCUT2D eigenvalue weighted by Crippen LogP contribution is 2.13. The summed E-state index contributed by atoms with van der Waals surface area (Å²) in [7, 11) is 0. The number of hydrogen-bond donors (Lipinski definition) is 0. The summed E-state index contributed by atoms with van der Waals surface area (Å²) < 4.78 is 0. The molecule has 0 radical (unpaired) electrons. The molecule has 0 aliphatic heterocycles. The van der Waals surface area contributed by atoms with E-state index in [2.05, 4.69) is 12.2 Å². The maximum atomic E-state index is 10.5. The summed E-state index contributed by atoms with van der Waals surface area (Å²) in [6.07, 6.45) is 2.06. The minimum atomic E-state index is 0.698. The summed E-state index contributed by atoms with van der Waals surface area (Å²) in [4.78, 5) is 10.5. The smallest absolute Gasteiger partial charge is 0.0626 e. The fourth-order valence-electron chi connectivity index (χ4n) is 1.13. The number of unbranched alkanes of at least 4 members (excludes halogenated alkanes) is 1. The Bertz CT molecular complexity index is 248. The Kier molecular flexibility index (Phi) is 3.96. The molecule has 13 heavy (non-hydrogen) atoms. The van der Waals surface area contributed by atoms with Crippen molar-refractivity contribution in [3.05, 3.63) is 35.2 Å². The van der Waals surface area contributed by atoms with Gasteiger partial charge in [-0.2, -0.15) is 0 Å². The van der Waals surface area contributed by atoms with Gasteiger partial charge in [0.05, 0.1) is 11.0 Å². The second-order valence-electron chi connectivity index (χ2n) is 2.89. The predicted octanol–water partition coefficient (Wildman–Crippen LogP) is 2.97. The molecule has 0 unspecified atom stereocenters. The Balaban J connectivity index is 2.61. The van der Waals surface area contributed by atoms with Gasteiger partial charge in [0.1, 0.15) is 0 Å². The summed E-state index contributed by atoms with van der Waals surface area (Å²) in [6.45, 7) is 2.79. The minimum absolute atomic E-state index is 0.698. The van der Waals surface area contributed by atoms with Gasteiger partial charge >= 0.3 is 0 Å². The van der Waals surface area contributed by atoms with Gasteiger partial charge in [0.15, 0.2) is 0 Å². The molecular weight excluding hydrogens is 164 g/mol. The zero-order valence-electron chi connectivity index (χ0n) is 7.81.